The number of methoxy groups -OCH3 is 2. The third-order valence-electron chi connectivity index (χ3n) is 4.11. The Bertz CT molecular complexity index is 421. The zero-order chi connectivity index (χ0) is 15.1. The Morgan fingerprint density at radius 2 is 1.62 bits per heavy atom. The number of hydrogen-bond donors (Lipinski definition) is 1. The quantitative estimate of drug-likeness (QED) is 0.708. The molecule has 1 saturated carbocycles. The van der Waals surface area contributed by atoms with Crippen molar-refractivity contribution in [1.82, 2.24) is 5.32 Å². The summed E-state index contributed by atoms with van der Waals surface area (Å²) in [5.74, 6) is 2.37. The van der Waals surface area contributed by atoms with E-state index in [2.05, 4.69) is 12.2 Å². The van der Waals surface area contributed by atoms with E-state index in [-0.39, 0.29) is 5.60 Å². The second-order valence-electron chi connectivity index (χ2n) is 5.69. The van der Waals surface area contributed by atoms with Crippen LogP contribution in [0.15, 0.2) is 18.2 Å². The minimum atomic E-state index is -0.0158. The summed E-state index contributed by atoms with van der Waals surface area (Å²) in [5.41, 5.74) is -0.0158. The van der Waals surface area contributed by atoms with Crippen molar-refractivity contribution >= 4 is 0 Å². The second kappa shape index (κ2) is 7.55. The van der Waals surface area contributed by atoms with Gasteiger partial charge < -0.3 is 19.5 Å². The Kier molecular flexibility index (Phi) is 5.74. The van der Waals surface area contributed by atoms with Crippen molar-refractivity contribution in [2.24, 2.45) is 0 Å². The number of nitrogens with one attached hydrogen (secondary N) is 1. The predicted octanol–water partition coefficient (Wildman–Crippen LogP) is 3.40. The molecule has 1 fully saturated rings. The smallest absolute Gasteiger partial charge is 0.127 e. The maximum absolute atomic E-state index is 6.30. The SMILES string of the molecule is CCCNCCC1(Oc2cc(OC)cc(OC)c2)CCC1. The molecule has 1 N–H and O–H groups in total. The maximum Gasteiger partial charge on any atom is 0.127 e. The fourth-order valence-corrected chi connectivity index (χ4v) is 2.68. The first kappa shape index (κ1) is 16.0. The van der Waals surface area contributed by atoms with Gasteiger partial charge in [0, 0.05) is 18.2 Å². The molecule has 0 atom stereocenters. The Morgan fingerprint density at radius 1 is 1.00 bits per heavy atom. The summed E-state index contributed by atoms with van der Waals surface area (Å²) >= 11 is 0. The van der Waals surface area contributed by atoms with Crippen LogP contribution in [-0.2, 0) is 0 Å². The summed E-state index contributed by atoms with van der Waals surface area (Å²) in [5, 5.41) is 3.46. The molecule has 0 aliphatic heterocycles. The lowest BCUT2D eigenvalue weighted by molar-refractivity contribution is -0.0144. The number of hydrogen-bond acceptors (Lipinski definition) is 4. The Labute approximate surface area is 127 Å². The van der Waals surface area contributed by atoms with E-state index in [1.54, 1.807) is 14.2 Å². The van der Waals surface area contributed by atoms with Crippen LogP contribution in [0.3, 0.4) is 0 Å². The van der Waals surface area contributed by atoms with E-state index in [0.29, 0.717) is 0 Å². The summed E-state index contributed by atoms with van der Waals surface area (Å²) in [6.07, 6.45) is 5.71. The van der Waals surface area contributed by atoms with E-state index in [1.165, 1.54) is 12.8 Å². The minimum Gasteiger partial charge on any atom is -0.496 e. The maximum atomic E-state index is 6.30. The summed E-state index contributed by atoms with van der Waals surface area (Å²) in [7, 11) is 3.32. The molecular formula is C17H27NO3. The molecule has 0 aromatic heterocycles. The van der Waals surface area contributed by atoms with E-state index in [9.17, 15) is 0 Å². The van der Waals surface area contributed by atoms with Crippen LogP contribution in [0.1, 0.15) is 39.0 Å². The molecule has 0 saturated heterocycles. The van der Waals surface area contributed by atoms with Gasteiger partial charge in [0.1, 0.15) is 22.8 Å². The van der Waals surface area contributed by atoms with E-state index >= 15 is 0 Å². The molecule has 4 heteroatoms. The Morgan fingerprint density at radius 3 is 2.10 bits per heavy atom. The lowest BCUT2D eigenvalue weighted by Crippen LogP contribution is -2.45. The van der Waals surface area contributed by atoms with Crippen molar-refractivity contribution in [3.63, 3.8) is 0 Å². The predicted molar refractivity (Wildman–Crippen MR) is 84.5 cm³/mol. The molecule has 1 aliphatic carbocycles. The molecular weight excluding hydrogens is 266 g/mol. The fourth-order valence-electron chi connectivity index (χ4n) is 2.68. The van der Waals surface area contributed by atoms with Crippen LogP contribution >= 0.6 is 0 Å². The average molecular weight is 293 g/mol. The van der Waals surface area contributed by atoms with E-state index in [0.717, 1.165) is 49.6 Å². The zero-order valence-electron chi connectivity index (χ0n) is 13.4. The first-order chi connectivity index (χ1) is 10.2. The molecule has 0 spiro atoms. The first-order valence-corrected chi connectivity index (χ1v) is 7.84. The van der Waals surface area contributed by atoms with Gasteiger partial charge in [0.2, 0.25) is 0 Å². The topological polar surface area (TPSA) is 39.7 Å². The molecule has 1 aliphatic rings. The summed E-state index contributed by atoms with van der Waals surface area (Å²) < 4.78 is 16.9. The third-order valence-corrected chi connectivity index (χ3v) is 4.11. The molecule has 0 heterocycles. The molecule has 0 unspecified atom stereocenters. The van der Waals surface area contributed by atoms with Gasteiger partial charge in [0.15, 0.2) is 0 Å². The largest absolute Gasteiger partial charge is 0.496 e. The van der Waals surface area contributed by atoms with Crippen LogP contribution in [0.2, 0.25) is 0 Å². The van der Waals surface area contributed by atoms with E-state index in [1.807, 2.05) is 18.2 Å². The lowest BCUT2D eigenvalue weighted by atomic mass is 9.77. The molecule has 2 rings (SSSR count). The summed E-state index contributed by atoms with van der Waals surface area (Å²) in [6.45, 7) is 4.27. The lowest BCUT2D eigenvalue weighted by Gasteiger charge is -2.42. The van der Waals surface area contributed by atoms with Crippen LogP contribution in [-0.4, -0.2) is 32.9 Å². The van der Waals surface area contributed by atoms with Gasteiger partial charge in [-0.3, -0.25) is 0 Å². The van der Waals surface area contributed by atoms with Crippen molar-refractivity contribution in [3.8, 4) is 17.2 Å². The highest BCUT2D eigenvalue weighted by Gasteiger charge is 2.38. The number of ether oxygens (including phenoxy) is 3. The molecule has 0 radical (unpaired) electrons. The number of benzene rings is 1. The normalized spacial score (nSPS) is 16.1. The van der Waals surface area contributed by atoms with Gasteiger partial charge in [0.25, 0.3) is 0 Å². The van der Waals surface area contributed by atoms with Gasteiger partial charge in [-0.1, -0.05) is 6.92 Å². The van der Waals surface area contributed by atoms with Crippen LogP contribution in [0.25, 0.3) is 0 Å². The number of rotatable bonds is 9. The zero-order valence-corrected chi connectivity index (χ0v) is 13.4. The molecule has 0 bridgehead atoms. The van der Waals surface area contributed by atoms with Crippen molar-refractivity contribution in [2.45, 2.75) is 44.6 Å². The highest BCUT2D eigenvalue weighted by Crippen LogP contribution is 2.40. The Balaban J connectivity index is 2.00. The minimum absolute atomic E-state index is 0.0158. The monoisotopic (exact) mass is 293 g/mol. The Hall–Kier alpha value is -1.42. The van der Waals surface area contributed by atoms with Crippen molar-refractivity contribution in [2.75, 3.05) is 27.3 Å². The molecule has 1 aromatic carbocycles. The second-order valence-corrected chi connectivity index (χ2v) is 5.69. The van der Waals surface area contributed by atoms with Crippen LogP contribution < -0.4 is 19.5 Å². The first-order valence-electron chi connectivity index (χ1n) is 7.84. The average Bonchev–Trinajstić information content (AvgIpc) is 2.48. The molecule has 4 nitrogen and oxygen atoms in total. The highest BCUT2D eigenvalue weighted by molar-refractivity contribution is 5.42. The molecule has 1 aromatic rings. The standard InChI is InChI=1S/C17H27NO3/c1-4-9-18-10-8-17(6-5-7-17)21-16-12-14(19-2)11-15(13-16)20-3/h11-13,18H,4-10H2,1-3H3. The fraction of sp³-hybridized carbons (Fsp3) is 0.647. The highest BCUT2D eigenvalue weighted by atomic mass is 16.5. The van der Waals surface area contributed by atoms with Crippen molar-refractivity contribution in [3.05, 3.63) is 18.2 Å². The van der Waals surface area contributed by atoms with Gasteiger partial charge in [-0.15, -0.1) is 0 Å². The van der Waals surface area contributed by atoms with E-state index < -0.39 is 0 Å². The van der Waals surface area contributed by atoms with Crippen molar-refractivity contribution < 1.29 is 14.2 Å². The molecule has 118 valence electrons. The third kappa shape index (κ3) is 4.27. The van der Waals surface area contributed by atoms with Gasteiger partial charge in [-0.25, -0.2) is 0 Å². The van der Waals surface area contributed by atoms with Crippen molar-refractivity contribution in [1.29, 1.82) is 0 Å². The molecule has 0 amide bonds. The summed E-state index contributed by atoms with van der Waals surface area (Å²) in [4.78, 5) is 0. The summed E-state index contributed by atoms with van der Waals surface area (Å²) in [6, 6.07) is 5.73. The van der Waals surface area contributed by atoms with Gasteiger partial charge >= 0.3 is 0 Å². The van der Waals surface area contributed by atoms with Gasteiger partial charge in [-0.05, 0) is 45.2 Å². The van der Waals surface area contributed by atoms with Crippen LogP contribution in [0.5, 0.6) is 17.2 Å². The van der Waals surface area contributed by atoms with Gasteiger partial charge in [0.05, 0.1) is 14.2 Å². The van der Waals surface area contributed by atoms with E-state index in [4.69, 9.17) is 14.2 Å². The van der Waals surface area contributed by atoms with Crippen LogP contribution in [0.4, 0.5) is 0 Å². The molecule has 21 heavy (non-hydrogen) atoms. The van der Waals surface area contributed by atoms with Crippen LogP contribution in [0, 0.1) is 0 Å². The van der Waals surface area contributed by atoms with Gasteiger partial charge in [-0.2, -0.15) is 0 Å².